The summed E-state index contributed by atoms with van der Waals surface area (Å²) in [5, 5.41) is 22.4. The summed E-state index contributed by atoms with van der Waals surface area (Å²) < 4.78 is 33.6. The standard InChI is InChI=1S/C46H87NO10P.K/c1-3-5-7-9-11-13-15-17-19-21-23-25-27-29-31-33-35-37-43(49)54-39-42(40-55-58(53,56-41-48)45(47)46(51)52)57-44(50)38-36-34-32-30-28-26-24-22-20-18-16-14-12-10-8-6-4-2;/h22,24,42,45H,3-21,23,25-41,47H2,1-2H3,(H,51,52);/q-1;+1/b24-22+;. The minimum Gasteiger partial charge on any atom is -0.833 e. The van der Waals surface area contributed by atoms with Gasteiger partial charge in [-0.1, -0.05) is 193 Å². The smallest absolute Gasteiger partial charge is 0.833 e. The molecule has 0 saturated carbocycles. The van der Waals surface area contributed by atoms with Crippen molar-refractivity contribution in [1.29, 1.82) is 0 Å². The van der Waals surface area contributed by atoms with Gasteiger partial charge in [0, 0.05) is 12.8 Å². The molecule has 0 aromatic heterocycles. The first-order valence-electron chi connectivity index (χ1n) is 23.7. The molecule has 0 amide bonds. The van der Waals surface area contributed by atoms with Gasteiger partial charge in [-0.25, -0.2) is 0 Å². The maximum Gasteiger partial charge on any atom is 1.00 e. The zero-order chi connectivity index (χ0) is 42.8. The van der Waals surface area contributed by atoms with E-state index in [1.807, 2.05) is 0 Å². The molecule has 0 aromatic rings. The summed E-state index contributed by atoms with van der Waals surface area (Å²) in [4.78, 5) is 36.5. The number of carboxylic acids is 1. The predicted molar refractivity (Wildman–Crippen MR) is 229 cm³/mol. The average molecular weight is 884 g/mol. The minimum absolute atomic E-state index is 0. The Bertz CT molecular complexity index is 1050. The van der Waals surface area contributed by atoms with Crippen LogP contribution < -0.4 is 67.3 Å². The van der Waals surface area contributed by atoms with Gasteiger partial charge in [0.25, 0.3) is 0 Å². The number of rotatable bonds is 45. The van der Waals surface area contributed by atoms with Crippen LogP contribution in [0.5, 0.6) is 0 Å². The Labute approximate surface area is 403 Å². The first-order valence-corrected chi connectivity index (χ1v) is 25.3. The molecule has 0 aliphatic carbocycles. The maximum atomic E-state index is 12.9. The number of unbranched alkanes of at least 4 members (excludes halogenated alkanes) is 29. The van der Waals surface area contributed by atoms with Crippen molar-refractivity contribution in [2.45, 2.75) is 244 Å². The van der Waals surface area contributed by atoms with Crippen molar-refractivity contribution in [3.63, 3.8) is 0 Å². The van der Waals surface area contributed by atoms with Gasteiger partial charge in [0.05, 0.1) is 6.61 Å². The molecule has 11 nitrogen and oxygen atoms in total. The number of hydrogen-bond donors (Lipinski definition) is 1. The van der Waals surface area contributed by atoms with Crippen LogP contribution in [-0.4, -0.2) is 49.8 Å². The average Bonchev–Trinajstić information content (AvgIpc) is 3.20. The third-order valence-electron chi connectivity index (χ3n) is 10.7. The van der Waals surface area contributed by atoms with Crippen molar-refractivity contribution in [2.75, 3.05) is 20.0 Å². The van der Waals surface area contributed by atoms with E-state index in [1.54, 1.807) is 0 Å². The summed E-state index contributed by atoms with van der Waals surface area (Å²) in [7, 11) is -4.54. The maximum absolute atomic E-state index is 12.9. The quantitative estimate of drug-likeness (QED) is 0.0165. The van der Waals surface area contributed by atoms with Gasteiger partial charge in [0.15, 0.2) is 6.10 Å². The van der Waals surface area contributed by atoms with Gasteiger partial charge in [-0.3, -0.25) is 14.2 Å². The van der Waals surface area contributed by atoms with E-state index in [0.29, 0.717) is 12.8 Å². The Morgan fingerprint density at radius 1 is 0.542 bits per heavy atom. The van der Waals surface area contributed by atoms with E-state index in [4.69, 9.17) is 14.0 Å². The number of hydrogen-bond acceptors (Lipinski definition) is 10. The Morgan fingerprint density at radius 3 is 1.27 bits per heavy atom. The molecule has 0 spiro atoms. The Kier molecular flexibility index (Phi) is 47.4. The minimum atomic E-state index is -4.54. The topological polar surface area (TPSA) is 179 Å². The third kappa shape index (κ3) is 40.4. The molecule has 0 saturated heterocycles. The van der Waals surface area contributed by atoms with Crippen molar-refractivity contribution in [3.8, 4) is 0 Å². The Morgan fingerprint density at radius 2 is 0.898 bits per heavy atom. The van der Waals surface area contributed by atoms with E-state index >= 15 is 0 Å². The van der Waals surface area contributed by atoms with E-state index < -0.39 is 50.8 Å². The fourth-order valence-corrected chi connectivity index (χ4v) is 8.13. The monoisotopic (exact) mass is 884 g/mol. The van der Waals surface area contributed by atoms with E-state index in [-0.39, 0.29) is 70.8 Å². The summed E-state index contributed by atoms with van der Waals surface area (Å²) in [6.07, 6.45) is 42.4. The van der Waals surface area contributed by atoms with Crippen LogP contribution in [0.3, 0.4) is 0 Å². The van der Waals surface area contributed by atoms with Crippen LogP contribution in [0.25, 0.3) is 0 Å². The number of esters is 2. The number of carbonyl (C=O) groups excluding carboxylic acids is 3. The van der Waals surface area contributed by atoms with E-state index in [0.717, 1.165) is 57.8 Å². The van der Waals surface area contributed by atoms with Crippen LogP contribution in [0.2, 0.25) is 0 Å². The van der Waals surface area contributed by atoms with Crippen molar-refractivity contribution in [2.24, 2.45) is 0 Å². The number of allylic oxidation sites excluding steroid dienone is 2. The van der Waals surface area contributed by atoms with Crippen LogP contribution >= 0.6 is 7.60 Å². The van der Waals surface area contributed by atoms with Gasteiger partial charge < -0.3 is 39.3 Å². The normalized spacial score (nSPS) is 13.5. The first-order chi connectivity index (χ1) is 28.2. The molecule has 0 aliphatic heterocycles. The molecule has 0 aromatic carbocycles. The molecular weight excluding hydrogens is 797 g/mol. The molecule has 0 bridgehead atoms. The van der Waals surface area contributed by atoms with Gasteiger partial charge in [0.1, 0.15) is 12.6 Å². The molecule has 3 atom stereocenters. The fraction of sp³-hybridized carbons (Fsp3) is 0.891. The molecule has 342 valence electrons. The van der Waals surface area contributed by atoms with Crippen LogP contribution in [0.1, 0.15) is 232 Å². The van der Waals surface area contributed by atoms with Gasteiger partial charge in [0.2, 0.25) is 5.78 Å². The van der Waals surface area contributed by atoms with Crippen molar-refractivity contribution < 1.29 is 105 Å². The number of ether oxygens (including phenoxy) is 2. The fourth-order valence-electron chi connectivity index (χ4n) is 6.91. The number of quaternary nitrogens is 1. The van der Waals surface area contributed by atoms with Crippen molar-refractivity contribution in [3.05, 3.63) is 12.2 Å². The molecule has 0 rings (SSSR count). The summed E-state index contributed by atoms with van der Waals surface area (Å²) in [5.74, 6) is -4.80. The summed E-state index contributed by atoms with van der Waals surface area (Å²) in [6.45, 7) is 2.19. The first kappa shape index (κ1) is 60.9. The van der Waals surface area contributed by atoms with Crippen molar-refractivity contribution >= 4 is 25.5 Å². The SMILES string of the molecule is CCCCCCCCCC/C=C/CCCCCCCC(=O)OC(COC(=O)CCCCCCCCCCCCCCCCCCC)COP(=O)(OC[O-])C([NH3+])C(=O)[O-].[K+]. The Hall–Kier alpha value is -0.144. The van der Waals surface area contributed by atoms with E-state index in [1.165, 1.54) is 135 Å². The van der Waals surface area contributed by atoms with Crippen LogP contribution in [0, 0.1) is 0 Å². The largest absolute Gasteiger partial charge is 1.00 e. The van der Waals surface area contributed by atoms with Crippen molar-refractivity contribution in [1.82, 2.24) is 0 Å². The molecule has 0 fully saturated rings. The van der Waals surface area contributed by atoms with Crippen LogP contribution in [0.15, 0.2) is 12.2 Å². The Balaban J connectivity index is 0. The zero-order valence-electron chi connectivity index (χ0n) is 38.2. The molecule has 13 heteroatoms. The molecule has 0 aliphatic rings. The predicted octanol–water partition coefficient (Wildman–Crippen LogP) is 7.17. The summed E-state index contributed by atoms with van der Waals surface area (Å²) in [6, 6.07) is 0. The van der Waals surface area contributed by atoms with Gasteiger partial charge in [-0.2, -0.15) is 0 Å². The molecule has 59 heavy (non-hydrogen) atoms. The van der Waals surface area contributed by atoms with Gasteiger partial charge >= 0.3 is 70.9 Å². The third-order valence-corrected chi connectivity index (χ3v) is 12.6. The van der Waals surface area contributed by atoms with Crippen LogP contribution in [0.4, 0.5) is 0 Å². The zero-order valence-corrected chi connectivity index (χ0v) is 42.2. The van der Waals surface area contributed by atoms with E-state index in [9.17, 15) is 29.2 Å². The second-order valence-electron chi connectivity index (χ2n) is 16.2. The molecule has 3 N–H and O–H groups in total. The molecule has 0 heterocycles. The van der Waals surface area contributed by atoms with Gasteiger partial charge in [-0.05, 0) is 45.3 Å². The number of carbonyl (C=O) groups is 3. The summed E-state index contributed by atoms with van der Waals surface area (Å²) in [5.41, 5.74) is 3.23. The van der Waals surface area contributed by atoms with Crippen LogP contribution in [-0.2, 0) is 37.5 Å². The number of carboxylic acid groups (broad SMARTS) is 1. The number of aliphatic carboxylic acids is 1. The molecular formula is C46H87KNO10P. The second-order valence-corrected chi connectivity index (χ2v) is 18.4. The molecule has 0 radical (unpaired) electrons. The second kappa shape index (κ2) is 45.9. The summed E-state index contributed by atoms with van der Waals surface area (Å²) >= 11 is 0. The van der Waals surface area contributed by atoms with E-state index in [2.05, 4.69) is 36.3 Å². The van der Waals surface area contributed by atoms with Gasteiger partial charge in [-0.15, -0.1) is 0 Å². The molecule has 3 unspecified atom stereocenters.